The van der Waals surface area contributed by atoms with Gasteiger partial charge in [0, 0.05) is 43.6 Å². The van der Waals surface area contributed by atoms with E-state index in [9.17, 15) is 4.79 Å². The second-order valence-electron chi connectivity index (χ2n) is 6.08. The summed E-state index contributed by atoms with van der Waals surface area (Å²) >= 11 is 0. The molecule has 0 aliphatic carbocycles. The summed E-state index contributed by atoms with van der Waals surface area (Å²) in [5.41, 5.74) is 2.79. The molecule has 116 valence electrons. The summed E-state index contributed by atoms with van der Waals surface area (Å²) in [7, 11) is 1.91. The number of piperidine rings is 1. The van der Waals surface area contributed by atoms with Gasteiger partial charge in [-0.3, -0.25) is 4.79 Å². The number of aryl methyl sites for hydroxylation is 3. The number of nitrogens with zero attached hydrogens (tertiary/aromatic N) is 4. The van der Waals surface area contributed by atoms with Crippen LogP contribution in [-0.2, 0) is 7.05 Å². The SMILES string of the molecule is Cc1cc(C)nc(C2CCN(C(=O)c3cccn3C)CC2)n1. The Morgan fingerprint density at radius 3 is 2.36 bits per heavy atom. The lowest BCUT2D eigenvalue weighted by Gasteiger charge is -2.31. The van der Waals surface area contributed by atoms with Crippen molar-refractivity contribution in [3.63, 3.8) is 0 Å². The summed E-state index contributed by atoms with van der Waals surface area (Å²) < 4.78 is 1.88. The molecule has 3 rings (SSSR count). The highest BCUT2D eigenvalue weighted by molar-refractivity contribution is 5.92. The fraction of sp³-hybridized carbons (Fsp3) is 0.471. The van der Waals surface area contributed by atoms with Crippen molar-refractivity contribution in [1.82, 2.24) is 19.4 Å². The normalized spacial score (nSPS) is 16.0. The summed E-state index contributed by atoms with van der Waals surface area (Å²) in [6.45, 7) is 5.55. The average molecular weight is 298 g/mol. The first kappa shape index (κ1) is 14.8. The number of carbonyl (C=O) groups excluding carboxylic acids is 1. The van der Waals surface area contributed by atoms with Crippen molar-refractivity contribution >= 4 is 5.91 Å². The molecule has 0 aromatic carbocycles. The monoisotopic (exact) mass is 298 g/mol. The van der Waals surface area contributed by atoms with Crippen LogP contribution in [0.3, 0.4) is 0 Å². The Bertz CT molecular complexity index is 663. The molecule has 3 heterocycles. The van der Waals surface area contributed by atoms with E-state index in [1.165, 1.54) is 0 Å². The molecule has 2 aromatic heterocycles. The van der Waals surface area contributed by atoms with E-state index in [1.807, 2.05) is 54.8 Å². The van der Waals surface area contributed by atoms with E-state index >= 15 is 0 Å². The third-order valence-corrected chi connectivity index (χ3v) is 4.31. The highest BCUT2D eigenvalue weighted by Gasteiger charge is 2.27. The minimum absolute atomic E-state index is 0.118. The number of aromatic nitrogens is 3. The zero-order chi connectivity index (χ0) is 15.7. The summed E-state index contributed by atoms with van der Waals surface area (Å²) in [6.07, 6.45) is 3.77. The number of amides is 1. The molecule has 1 fully saturated rings. The van der Waals surface area contributed by atoms with E-state index in [2.05, 4.69) is 9.97 Å². The number of hydrogen-bond donors (Lipinski definition) is 0. The quantitative estimate of drug-likeness (QED) is 0.855. The third-order valence-electron chi connectivity index (χ3n) is 4.31. The summed E-state index contributed by atoms with van der Waals surface area (Å²) in [5.74, 6) is 1.41. The van der Waals surface area contributed by atoms with Gasteiger partial charge in [0.25, 0.3) is 5.91 Å². The minimum atomic E-state index is 0.118. The highest BCUT2D eigenvalue weighted by atomic mass is 16.2. The Morgan fingerprint density at radius 2 is 1.82 bits per heavy atom. The first-order valence-electron chi connectivity index (χ1n) is 7.77. The van der Waals surface area contributed by atoms with Crippen molar-refractivity contribution in [2.24, 2.45) is 7.05 Å². The molecule has 0 atom stereocenters. The van der Waals surface area contributed by atoms with Crippen LogP contribution in [0.15, 0.2) is 24.4 Å². The second-order valence-corrected chi connectivity index (χ2v) is 6.08. The van der Waals surface area contributed by atoms with Gasteiger partial charge < -0.3 is 9.47 Å². The van der Waals surface area contributed by atoms with E-state index in [0.29, 0.717) is 5.92 Å². The first-order chi connectivity index (χ1) is 10.5. The van der Waals surface area contributed by atoms with Crippen molar-refractivity contribution in [2.45, 2.75) is 32.6 Å². The van der Waals surface area contributed by atoms with Crippen LogP contribution in [0.2, 0.25) is 0 Å². The topological polar surface area (TPSA) is 51.0 Å². The number of likely N-dealkylation sites (tertiary alicyclic amines) is 1. The molecule has 5 heteroatoms. The maximum Gasteiger partial charge on any atom is 0.270 e. The lowest BCUT2D eigenvalue weighted by molar-refractivity contribution is 0.0701. The van der Waals surface area contributed by atoms with Crippen molar-refractivity contribution in [2.75, 3.05) is 13.1 Å². The third kappa shape index (κ3) is 2.89. The summed E-state index contributed by atoms with van der Waals surface area (Å²) in [5, 5.41) is 0. The van der Waals surface area contributed by atoms with Gasteiger partial charge in [0.15, 0.2) is 0 Å². The Hall–Kier alpha value is -2.17. The molecule has 22 heavy (non-hydrogen) atoms. The molecule has 0 unspecified atom stereocenters. The second kappa shape index (κ2) is 5.91. The van der Waals surface area contributed by atoms with E-state index in [-0.39, 0.29) is 5.91 Å². The summed E-state index contributed by atoms with van der Waals surface area (Å²) in [6, 6.07) is 5.78. The van der Waals surface area contributed by atoms with Crippen LogP contribution in [0, 0.1) is 13.8 Å². The van der Waals surface area contributed by atoms with Crippen LogP contribution >= 0.6 is 0 Å². The van der Waals surface area contributed by atoms with Crippen molar-refractivity contribution in [1.29, 1.82) is 0 Å². The Kier molecular flexibility index (Phi) is 3.96. The fourth-order valence-electron chi connectivity index (χ4n) is 3.12. The molecular weight excluding hydrogens is 276 g/mol. The molecule has 0 saturated carbocycles. The van der Waals surface area contributed by atoms with Gasteiger partial charge in [-0.2, -0.15) is 0 Å². The van der Waals surface area contributed by atoms with Gasteiger partial charge in [-0.15, -0.1) is 0 Å². The molecule has 2 aromatic rings. The molecule has 1 aliphatic heterocycles. The van der Waals surface area contributed by atoms with Gasteiger partial charge in [-0.05, 0) is 44.9 Å². The van der Waals surface area contributed by atoms with Crippen molar-refractivity contribution in [3.8, 4) is 0 Å². The van der Waals surface area contributed by atoms with Gasteiger partial charge >= 0.3 is 0 Å². The smallest absolute Gasteiger partial charge is 0.270 e. The molecule has 0 bridgehead atoms. The van der Waals surface area contributed by atoms with Gasteiger partial charge in [-0.25, -0.2) is 9.97 Å². The van der Waals surface area contributed by atoms with Crippen LogP contribution < -0.4 is 0 Å². The van der Waals surface area contributed by atoms with Gasteiger partial charge in [-0.1, -0.05) is 0 Å². The van der Waals surface area contributed by atoms with Crippen molar-refractivity contribution < 1.29 is 4.79 Å². The van der Waals surface area contributed by atoms with Gasteiger partial charge in [0.2, 0.25) is 0 Å². The zero-order valence-electron chi connectivity index (χ0n) is 13.4. The van der Waals surface area contributed by atoms with Gasteiger partial charge in [0.1, 0.15) is 11.5 Å². The summed E-state index contributed by atoms with van der Waals surface area (Å²) in [4.78, 5) is 23.6. The Balaban J connectivity index is 1.67. The van der Waals surface area contributed by atoms with E-state index in [1.54, 1.807) is 0 Å². The highest BCUT2D eigenvalue weighted by Crippen LogP contribution is 2.26. The lowest BCUT2D eigenvalue weighted by Crippen LogP contribution is -2.39. The molecule has 0 spiro atoms. The molecule has 0 N–H and O–H groups in total. The molecule has 1 saturated heterocycles. The Morgan fingerprint density at radius 1 is 1.18 bits per heavy atom. The standard InChI is InChI=1S/C17H22N4O/c1-12-11-13(2)19-16(18-12)14-6-9-21(10-7-14)17(22)15-5-4-8-20(15)3/h4-5,8,11,14H,6-7,9-10H2,1-3H3. The van der Waals surface area contributed by atoms with E-state index in [4.69, 9.17) is 0 Å². The van der Waals surface area contributed by atoms with Crippen LogP contribution in [-0.4, -0.2) is 38.4 Å². The fourth-order valence-corrected chi connectivity index (χ4v) is 3.12. The minimum Gasteiger partial charge on any atom is -0.347 e. The molecule has 0 radical (unpaired) electrons. The van der Waals surface area contributed by atoms with Crippen LogP contribution in [0.25, 0.3) is 0 Å². The maximum atomic E-state index is 12.5. The largest absolute Gasteiger partial charge is 0.347 e. The number of rotatable bonds is 2. The molecule has 5 nitrogen and oxygen atoms in total. The van der Waals surface area contributed by atoms with Gasteiger partial charge in [0.05, 0.1) is 0 Å². The van der Waals surface area contributed by atoms with E-state index in [0.717, 1.165) is 48.8 Å². The van der Waals surface area contributed by atoms with Crippen LogP contribution in [0.5, 0.6) is 0 Å². The number of carbonyl (C=O) groups is 1. The van der Waals surface area contributed by atoms with Crippen molar-refractivity contribution in [3.05, 3.63) is 47.3 Å². The Labute approximate surface area is 131 Å². The van der Waals surface area contributed by atoms with Crippen LogP contribution in [0.4, 0.5) is 0 Å². The molecule has 1 amide bonds. The molecule has 1 aliphatic rings. The van der Waals surface area contributed by atoms with Crippen LogP contribution in [0.1, 0.15) is 46.5 Å². The molecular formula is C17H22N4O. The van der Waals surface area contributed by atoms with E-state index < -0.39 is 0 Å². The first-order valence-corrected chi connectivity index (χ1v) is 7.77. The predicted molar refractivity (Wildman–Crippen MR) is 84.8 cm³/mol. The lowest BCUT2D eigenvalue weighted by atomic mass is 9.95. The average Bonchev–Trinajstić information content (AvgIpc) is 2.92. The maximum absolute atomic E-state index is 12.5. The number of hydrogen-bond acceptors (Lipinski definition) is 3. The zero-order valence-corrected chi connectivity index (χ0v) is 13.4. The predicted octanol–water partition coefficient (Wildman–Crippen LogP) is 2.45.